The van der Waals surface area contributed by atoms with Crippen molar-refractivity contribution < 1.29 is 0 Å². The van der Waals surface area contributed by atoms with Gasteiger partial charge in [-0.1, -0.05) is 19.1 Å². The van der Waals surface area contributed by atoms with Crippen molar-refractivity contribution in [2.45, 2.75) is 13.3 Å². The van der Waals surface area contributed by atoms with E-state index in [1.54, 1.807) is 10.9 Å². The molecule has 0 atom stereocenters. The van der Waals surface area contributed by atoms with Crippen LogP contribution in [0, 0.1) is 0 Å². The zero-order chi connectivity index (χ0) is 14.7. The largest absolute Gasteiger partial charge is 0.354 e. The van der Waals surface area contributed by atoms with E-state index in [1.165, 1.54) is 0 Å². The Hall–Kier alpha value is -2.63. The second-order valence-corrected chi connectivity index (χ2v) is 4.87. The number of hydrogen-bond donors (Lipinski definition) is 2. The van der Waals surface area contributed by atoms with Gasteiger partial charge in [0, 0.05) is 25.2 Å². The van der Waals surface area contributed by atoms with Crippen LogP contribution in [0.3, 0.4) is 0 Å². The number of nitrogens with one attached hydrogen (secondary N) is 2. The van der Waals surface area contributed by atoms with Crippen molar-refractivity contribution in [3.05, 3.63) is 36.7 Å². The lowest BCUT2D eigenvalue weighted by Crippen LogP contribution is -2.06. The van der Waals surface area contributed by atoms with Crippen molar-refractivity contribution in [1.82, 2.24) is 19.7 Å². The molecular weight excluding hydrogens is 264 g/mol. The molecule has 0 aliphatic rings. The highest BCUT2D eigenvalue weighted by Gasteiger charge is 2.08. The molecule has 0 bridgehead atoms. The molecule has 0 saturated heterocycles. The molecule has 6 nitrogen and oxygen atoms in total. The van der Waals surface area contributed by atoms with Crippen LogP contribution in [-0.2, 0) is 7.05 Å². The minimum absolute atomic E-state index is 0.641. The van der Waals surface area contributed by atoms with Gasteiger partial charge in [-0.25, -0.2) is 4.98 Å². The maximum absolute atomic E-state index is 4.57. The first kappa shape index (κ1) is 13.4. The highest BCUT2D eigenvalue weighted by molar-refractivity contribution is 5.91. The molecule has 0 radical (unpaired) electrons. The van der Waals surface area contributed by atoms with Crippen LogP contribution in [0.1, 0.15) is 13.3 Å². The van der Waals surface area contributed by atoms with Gasteiger partial charge in [0.2, 0.25) is 5.95 Å². The minimum atomic E-state index is 0.641. The van der Waals surface area contributed by atoms with Crippen LogP contribution in [0.4, 0.5) is 17.5 Å². The lowest BCUT2D eigenvalue weighted by molar-refractivity contribution is 0.768. The number of fused-ring (bicyclic) bond motifs is 1. The summed E-state index contributed by atoms with van der Waals surface area (Å²) in [5.41, 5.74) is 1.82. The van der Waals surface area contributed by atoms with Gasteiger partial charge in [-0.3, -0.25) is 4.68 Å². The predicted octanol–water partition coefficient (Wildman–Crippen LogP) is 2.93. The van der Waals surface area contributed by atoms with E-state index in [-0.39, 0.29) is 0 Å². The molecule has 1 aromatic carbocycles. The van der Waals surface area contributed by atoms with E-state index in [0.29, 0.717) is 5.95 Å². The van der Waals surface area contributed by atoms with Crippen molar-refractivity contribution in [1.29, 1.82) is 0 Å². The monoisotopic (exact) mass is 282 g/mol. The molecule has 6 heteroatoms. The smallest absolute Gasteiger partial charge is 0.225 e. The van der Waals surface area contributed by atoms with Gasteiger partial charge >= 0.3 is 0 Å². The Kier molecular flexibility index (Phi) is 3.68. The normalized spacial score (nSPS) is 10.8. The number of aryl methyl sites for hydroxylation is 1. The number of para-hydroxylation sites is 1. The summed E-state index contributed by atoms with van der Waals surface area (Å²) in [5.74, 6) is 1.43. The average molecular weight is 282 g/mol. The standard InChI is InChI=1S/C15H18N6/c1-3-8-16-15-19-13-7-5-4-6-12(13)14(20-15)18-11-9-17-21(2)10-11/h4-7,9-10H,3,8H2,1-2H3,(H2,16,18,19,20). The number of hydrogen-bond acceptors (Lipinski definition) is 5. The molecule has 2 heterocycles. The van der Waals surface area contributed by atoms with Gasteiger partial charge in [0.15, 0.2) is 0 Å². The molecule has 0 amide bonds. The van der Waals surface area contributed by atoms with E-state index in [1.807, 2.05) is 37.5 Å². The Labute approximate surface area is 123 Å². The summed E-state index contributed by atoms with van der Waals surface area (Å²) in [5, 5.41) is 11.7. The van der Waals surface area contributed by atoms with Crippen LogP contribution < -0.4 is 10.6 Å². The van der Waals surface area contributed by atoms with Gasteiger partial charge in [-0.05, 0) is 18.6 Å². The Bertz CT molecular complexity index is 749. The molecular formula is C15H18N6. The Morgan fingerprint density at radius 3 is 2.81 bits per heavy atom. The molecule has 3 rings (SSSR count). The highest BCUT2D eigenvalue weighted by atomic mass is 15.3. The number of rotatable bonds is 5. The Morgan fingerprint density at radius 1 is 1.19 bits per heavy atom. The summed E-state index contributed by atoms with van der Waals surface area (Å²) >= 11 is 0. The molecule has 108 valence electrons. The molecule has 0 aliphatic carbocycles. The molecule has 3 aromatic rings. The summed E-state index contributed by atoms with van der Waals surface area (Å²) in [6.45, 7) is 2.97. The number of nitrogens with zero attached hydrogens (tertiary/aromatic N) is 4. The van der Waals surface area contributed by atoms with Gasteiger partial charge < -0.3 is 10.6 Å². The van der Waals surface area contributed by atoms with Crippen molar-refractivity contribution in [2.75, 3.05) is 17.2 Å². The van der Waals surface area contributed by atoms with Crippen LogP contribution in [0.25, 0.3) is 10.9 Å². The van der Waals surface area contributed by atoms with Crippen LogP contribution in [0.15, 0.2) is 36.7 Å². The fraction of sp³-hybridized carbons (Fsp3) is 0.267. The van der Waals surface area contributed by atoms with E-state index in [2.05, 4.69) is 32.6 Å². The number of anilines is 3. The van der Waals surface area contributed by atoms with Gasteiger partial charge in [0.1, 0.15) is 5.82 Å². The molecule has 21 heavy (non-hydrogen) atoms. The molecule has 0 fully saturated rings. The van der Waals surface area contributed by atoms with E-state index in [9.17, 15) is 0 Å². The maximum atomic E-state index is 4.57. The summed E-state index contributed by atoms with van der Waals surface area (Å²) < 4.78 is 1.75. The average Bonchev–Trinajstić information content (AvgIpc) is 2.90. The molecule has 2 aromatic heterocycles. The molecule has 0 spiro atoms. The zero-order valence-corrected chi connectivity index (χ0v) is 12.2. The Balaban J connectivity index is 2.01. The first-order chi connectivity index (χ1) is 10.3. The first-order valence-electron chi connectivity index (χ1n) is 7.02. The van der Waals surface area contributed by atoms with Crippen LogP contribution in [0.5, 0.6) is 0 Å². The Morgan fingerprint density at radius 2 is 2.05 bits per heavy atom. The first-order valence-corrected chi connectivity index (χ1v) is 7.02. The summed E-state index contributed by atoms with van der Waals surface area (Å²) in [4.78, 5) is 9.11. The third-order valence-corrected chi connectivity index (χ3v) is 3.10. The summed E-state index contributed by atoms with van der Waals surface area (Å²) in [6, 6.07) is 7.96. The highest BCUT2D eigenvalue weighted by Crippen LogP contribution is 2.24. The summed E-state index contributed by atoms with van der Waals surface area (Å²) in [6.07, 6.45) is 4.72. The van der Waals surface area contributed by atoms with Crippen LogP contribution in [-0.4, -0.2) is 26.3 Å². The van der Waals surface area contributed by atoms with Gasteiger partial charge in [0.25, 0.3) is 0 Å². The van der Waals surface area contributed by atoms with Gasteiger partial charge in [-0.15, -0.1) is 0 Å². The molecule has 0 unspecified atom stereocenters. The number of benzene rings is 1. The lowest BCUT2D eigenvalue weighted by atomic mass is 10.2. The van der Waals surface area contributed by atoms with Crippen LogP contribution >= 0.6 is 0 Å². The zero-order valence-electron chi connectivity index (χ0n) is 12.2. The lowest BCUT2D eigenvalue weighted by Gasteiger charge is -2.10. The van der Waals surface area contributed by atoms with E-state index >= 15 is 0 Å². The number of aromatic nitrogens is 4. The maximum Gasteiger partial charge on any atom is 0.225 e. The van der Waals surface area contributed by atoms with Gasteiger partial charge in [-0.2, -0.15) is 10.1 Å². The fourth-order valence-electron chi connectivity index (χ4n) is 2.11. The van der Waals surface area contributed by atoms with E-state index < -0.39 is 0 Å². The second-order valence-electron chi connectivity index (χ2n) is 4.87. The third-order valence-electron chi connectivity index (χ3n) is 3.10. The minimum Gasteiger partial charge on any atom is -0.354 e. The van der Waals surface area contributed by atoms with E-state index in [0.717, 1.165) is 35.4 Å². The quantitative estimate of drug-likeness (QED) is 0.753. The van der Waals surface area contributed by atoms with Crippen molar-refractivity contribution >= 4 is 28.4 Å². The molecule has 0 aliphatic heterocycles. The predicted molar refractivity (Wildman–Crippen MR) is 84.8 cm³/mol. The van der Waals surface area contributed by atoms with Crippen LogP contribution in [0.2, 0.25) is 0 Å². The molecule has 2 N–H and O–H groups in total. The molecule has 0 saturated carbocycles. The van der Waals surface area contributed by atoms with Crippen molar-refractivity contribution in [3.8, 4) is 0 Å². The fourth-order valence-corrected chi connectivity index (χ4v) is 2.11. The second kappa shape index (κ2) is 5.78. The summed E-state index contributed by atoms with van der Waals surface area (Å²) in [7, 11) is 1.89. The third kappa shape index (κ3) is 2.94. The topological polar surface area (TPSA) is 67.7 Å². The van der Waals surface area contributed by atoms with Gasteiger partial charge in [0.05, 0.1) is 17.4 Å². The SMILES string of the molecule is CCCNc1nc(Nc2cnn(C)c2)c2ccccc2n1. The van der Waals surface area contributed by atoms with Crippen molar-refractivity contribution in [2.24, 2.45) is 7.05 Å². The van der Waals surface area contributed by atoms with Crippen molar-refractivity contribution in [3.63, 3.8) is 0 Å². The van der Waals surface area contributed by atoms with E-state index in [4.69, 9.17) is 0 Å².